The number of aromatic nitrogens is 1. The van der Waals surface area contributed by atoms with E-state index in [-0.39, 0.29) is 18.1 Å². The summed E-state index contributed by atoms with van der Waals surface area (Å²) in [7, 11) is 1.42. The third-order valence-electron chi connectivity index (χ3n) is 1.82. The largest absolute Gasteiger partial charge is 0.481 e. The maximum Gasteiger partial charge on any atom is 0.288 e. The number of ether oxygens (including phenoxy) is 1. The Morgan fingerprint density at radius 3 is 3.12 bits per heavy atom. The molecule has 0 atom stereocenters. The van der Waals surface area contributed by atoms with Gasteiger partial charge in [0.1, 0.15) is 6.20 Å². The number of rotatable bonds is 5. The van der Waals surface area contributed by atoms with Gasteiger partial charge in [-0.05, 0) is 5.53 Å². The number of nitrogens with zero attached hydrogens (tertiary/aromatic N) is 5. The lowest BCUT2D eigenvalue weighted by molar-refractivity contribution is -0.385. The fourth-order valence-corrected chi connectivity index (χ4v) is 1.11. The van der Waals surface area contributed by atoms with Crippen LogP contribution in [0.4, 0.5) is 5.69 Å². The first kappa shape index (κ1) is 12.5. The molecule has 1 aromatic rings. The van der Waals surface area contributed by atoms with E-state index in [1.54, 1.807) is 12.2 Å². The minimum absolute atomic E-state index is 0.130. The summed E-state index contributed by atoms with van der Waals surface area (Å²) in [6, 6.07) is 1.33. The van der Waals surface area contributed by atoms with Crippen molar-refractivity contribution in [2.45, 2.75) is 0 Å². The lowest BCUT2D eigenvalue weighted by Crippen LogP contribution is -1.95. The summed E-state index contributed by atoms with van der Waals surface area (Å²) in [6.45, 7) is 0.155. The Labute approximate surface area is 96.3 Å². The SMILES string of the molecule is COc1ncc([N+](=O)[O-])cc1C=CCN=[N+]=[N-]. The first-order valence-corrected chi connectivity index (χ1v) is 4.55. The molecule has 0 aromatic carbocycles. The topological polar surface area (TPSA) is 114 Å². The van der Waals surface area contributed by atoms with Crippen LogP contribution in [0.15, 0.2) is 23.5 Å². The fourth-order valence-electron chi connectivity index (χ4n) is 1.11. The van der Waals surface area contributed by atoms with E-state index < -0.39 is 4.92 Å². The molecule has 0 aliphatic heterocycles. The molecule has 17 heavy (non-hydrogen) atoms. The van der Waals surface area contributed by atoms with Crippen molar-refractivity contribution in [2.75, 3.05) is 13.7 Å². The zero-order chi connectivity index (χ0) is 12.7. The van der Waals surface area contributed by atoms with E-state index >= 15 is 0 Å². The van der Waals surface area contributed by atoms with E-state index in [4.69, 9.17) is 10.3 Å². The molecule has 0 amide bonds. The molecule has 0 unspecified atom stereocenters. The standard InChI is InChI=1S/C9H9N5O3/c1-17-9-7(3-2-4-12-13-10)5-8(6-11-9)14(15)16/h2-3,5-6H,4H2,1H3. The van der Waals surface area contributed by atoms with Crippen molar-refractivity contribution in [3.63, 3.8) is 0 Å². The average Bonchev–Trinajstić information content (AvgIpc) is 2.34. The molecular weight excluding hydrogens is 226 g/mol. The summed E-state index contributed by atoms with van der Waals surface area (Å²) < 4.78 is 4.95. The molecule has 0 bridgehead atoms. The third-order valence-corrected chi connectivity index (χ3v) is 1.82. The van der Waals surface area contributed by atoms with E-state index in [9.17, 15) is 10.1 Å². The average molecular weight is 235 g/mol. The fraction of sp³-hybridized carbons (Fsp3) is 0.222. The second kappa shape index (κ2) is 6.09. The van der Waals surface area contributed by atoms with Gasteiger partial charge in [0, 0.05) is 23.1 Å². The van der Waals surface area contributed by atoms with Crippen LogP contribution in [0, 0.1) is 10.1 Å². The Bertz CT molecular complexity index is 493. The summed E-state index contributed by atoms with van der Waals surface area (Å²) in [5, 5.41) is 13.9. The number of pyridine rings is 1. The molecule has 0 N–H and O–H groups in total. The monoisotopic (exact) mass is 235 g/mol. The Balaban J connectivity index is 3.01. The molecule has 0 saturated heterocycles. The van der Waals surface area contributed by atoms with Crippen LogP contribution < -0.4 is 4.74 Å². The van der Waals surface area contributed by atoms with Crippen LogP contribution in [0.25, 0.3) is 16.5 Å². The van der Waals surface area contributed by atoms with Crippen LogP contribution in [0.5, 0.6) is 5.88 Å². The highest BCUT2D eigenvalue weighted by Crippen LogP contribution is 2.21. The number of hydrogen-bond acceptors (Lipinski definition) is 5. The van der Waals surface area contributed by atoms with Gasteiger partial charge in [0.15, 0.2) is 0 Å². The Hall–Kier alpha value is -2.60. The van der Waals surface area contributed by atoms with E-state index in [1.165, 1.54) is 13.2 Å². The first-order valence-electron chi connectivity index (χ1n) is 4.55. The van der Waals surface area contributed by atoms with Gasteiger partial charge >= 0.3 is 0 Å². The smallest absolute Gasteiger partial charge is 0.288 e. The van der Waals surface area contributed by atoms with Gasteiger partial charge in [0.25, 0.3) is 5.69 Å². The summed E-state index contributed by atoms with van der Waals surface area (Å²) in [6.07, 6.45) is 4.22. The minimum Gasteiger partial charge on any atom is -0.481 e. The lowest BCUT2D eigenvalue weighted by Gasteiger charge is -2.02. The molecule has 0 fully saturated rings. The van der Waals surface area contributed by atoms with Crippen molar-refractivity contribution < 1.29 is 9.66 Å². The molecule has 1 aromatic heterocycles. The van der Waals surface area contributed by atoms with Crippen LogP contribution in [0.3, 0.4) is 0 Å². The van der Waals surface area contributed by atoms with Crippen LogP contribution >= 0.6 is 0 Å². The van der Waals surface area contributed by atoms with Gasteiger partial charge < -0.3 is 4.74 Å². The summed E-state index contributed by atoms with van der Waals surface area (Å²) in [5.41, 5.74) is 8.40. The van der Waals surface area contributed by atoms with Crippen LogP contribution in [0.2, 0.25) is 0 Å². The highest BCUT2D eigenvalue weighted by molar-refractivity contribution is 5.58. The highest BCUT2D eigenvalue weighted by Gasteiger charge is 2.10. The molecule has 88 valence electrons. The maximum absolute atomic E-state index is 10.6. The zero-order valence-corrected chi connectivity index (χ0v) is 8.98. The highest BCUT2D eigenvalue weighted by atomic mass is 16.6. The van der Waals surface area contributed by atoms with Gasteiger partial charge in [-0.3, -0.25) is 10.1 Å². The first-order chi connectivity index (χ1) is 8.19. The molecule has 8 nitrogen and oxygen atoms in total. The molecule has 0 radical (unpaired) electrons. The van der Waals surface area contributed by atoms with Crippen molar-refractivity contribution >= 4 is 11.8 Å². The van der Waals surface area contributed by atoms with Crippen molar-refractivity contribution in [1.29, 1.82) is 0 Å². The zero-order valence-electron chi connectivity index (χ0n) is 8.98. The van der Waals surface area contributed by atoms with Gasteiger partial charge in [-0.2, -0.15) is 0 Å². The van der Waals surface area contributed by atoms with Gasteiger partial charge in [-0.15, -0.1) is 0 Å². The van der Waals surface area contributed by atoms with Crippen LogP contribution in [-0.4, -0.2) is 23.6 Å². The number of nitro groups is 1. The molecule has 0 spiro atoms. The van der Waals surface area contributed by atoms with Crippen LogP contribution in [-0.2, 0) is 0 Å². The Kier molecular flexibility index (Phi) is 4.46. The number of methoxy groups -OCH3 is 1. The number of azide groups is 1. The van der Waals surface area contributed by atoms with Crippen molar-refractivity contribution in [2.24, 2.45) is 5.11 Å². The molecule has 0 aliphatic carbocycles. The lowest BCUT2D eigenvalue weighted by atomic mass is 10.2. The molecule has 8 heteroatoms. The van der Waals surface area contributed by atoms with E-state index in [2.05, 4.69) is 15.0 Å². The molecule has 0 saturated carbocycles. The van der Waals surface area contributed by atoms with E-state index in [0.29, 0.717) is 5.56 Å². The predicted molar refractivity (Wildman–Crippen MR) is 60.5 cm³/mol. The predicted octanol–water partition coefficient (Wildman–Crippen LogP) is 2.32. The Morgan fingerprint density at radius 1 is 1.76 bits per heavy atom. The molecule has 0 aliphatic rings. The number of hydrogen-bond donors (Lipinski definition) is 0. The second-order valence-corrected chi connectivity index (χ2v) is 2.86. The van der Waals surface area contributed by atoms with Crippen molar-refractivity contribution in [3.05, 3.63) is 44.5 Å². The summed E-state index contributed by atoms with van der Waals surface area (Å²) >= 11 is 0. The summed E-state index contributed by atoms with van der Waals surface area (Å²) in [4.78, 5) is 16.4. The van der Waals surface area contributed by atoms with Gasteiger partial charge in [-0.25, -0.2) is 4.98 Å². The van der Waals surface area contributed by atoms with Gasteiger partial charge in [0.05, 0.1) is 12.0 Å². The summed E-state index contributed by atoms with van der Waals surface area (Å²) in [5.74, 6) is 0.271. The third kappa shape index (κ3) is 3.47. The van der Waals surface area contributed by atoms with E-state index in [1.807, 2.05) is 0 Å². The van der Waals surface area contributed by atoms with Gasteiger partial charge in [-0.1, -0.05) is 17.3 Å². The van der Waals surface area contributed by atoms with E-state index in [0.717, 1.165) is 6.20 Å². The molecule has 1 heterocycles. The maximum atomic E-state index is 10.6. The van der Waals surface area contributed by atoms with Crippen LogP contribution in [0.1, 0.15) is 5.56 Å². The quantitative estimate of drug-likeness (QED) is 0.256. The molecular formula is C9H9N5O3. The normalized spacial score (nSPS) is 9.94. The van der Waals surface area contributed by atoms with Crippen molar-refractivity contribution in [3.8, 4) is 5.88 Å². The second-order valence-electron chi connectivity index (χ2n) is 2.86. The minimum atomic E-state index is -0.544. The Morgan fingerprint density at radius 2 is 2.53 bits per heavy atom. The molecule has 1 rings (SSSR count). The van der Waals surface area contributed by atoms with Crippen molar-refractivity contribution in [1.82, 2.24) is 4.98 Å². The van der Waals surface area contributed by atoms with Gasteiger partial charge in [0.2, 0.25) is 5.88 Å².